The normalized spacial score (nSPS) is 10.6. The first kappa shape index (κ1) is 10.5. The van der Waals surface area contributed by atoms with Gasteiger partial charge in [0.05, 0.1) is 17.8 Å². The fourth-order valence-electron chi connectivity index (χ4n) is 1.28. The van der Waals surface area contributed by atoms with Crippen molar-refractivity contribution in [3.63, 3.8) is 0 Å². The highest BCUT2D eigenvalue weighted by molar-refractivity contribution is 6.34. The van der Waals surface area contributed by atoms with Crippen molar-refractivity contribution >= 4 is 23.2 Å². The second-order valence-corrected chi connectivity index (χ2v) is 4.11. The number of nitrogens with zero attached hydrogens (tertiary/aromatic N) is 3. The van der Waals surface area contributed by atoms with E-state index in [0.717, 1.165) is 11.1 Å². The van der Waals surface area contributed by atoms with Gasteiger partial charge in [-0.25, -0.2) is 4.98 Å². The van der Waals surface area contributed by atoms with Crippen molar-refractivity contribution in [2.24, 2.45) is 0 Å². The van der Waals surface area contributed by atoms with Crippen LogP contribution in [0.5, 0.6) is 0 Å². The fraction of sp³-hybridized carbons (Fsp3) is 0.200. The van der Waals surface area contributed by atoms with Crippen LogP contribution in [-0.4, -0.2) is 14.8 Å². The van der Waals surface area contributed by atoms with Crippen molar-refractivity contribution in [1.82, 2.24) is 14.8 Å². The summed E-state index contributed by atoms with van der Waals surface area (Å²) in [5.41, 5.74) is 2.03. The summed E-state index contributed by atoms with van der Waals surface area (Å²) in [6.07, 6.45) is 5.42. The summed E-state index contributed by atoms with van der Waals surface area (Å²) >= 11 is 11.7. The average molecular weight is 242 g/mol. The predicted octanol–water partition coefficient (Wildman–Crippen LogP) is 2.94. The van der Waals surface area contributed by atoms with E-state index in [-0.39, 0.29) is 0 Å². The molecule has 0 radical (unpaired) electrons. The Morgan fingerprint density at radius 3 is 2.73 bits per heavy atom. The third-order valence-electron chi connectivity index (χ3n) is 1.99. The number of hydrogen-bond acceptors (Lipinski definition) is 2. The van der Waals surface area contributed by atoms with E-state index in [4.69, 9.17) is 23.2 Å². The fourth-order valence-corrected chi connectivity index (χ4v) is 1.71. The Hall–Kier alpha value is -1.06. The number of halogens is 2. The van der Waals surface area contributed by atoms with E-state index < -0.39 is 0 Å². The van der Waals surface area contributed by atoms with Crippen LogP contribution in [-0.2, 0) is 6.54 Å². The van der Waals surface area contributed by atoms with E-state index in [1.165, 1.54) is 0 Å². The van der Waals surface area contributed by atoms with Crippen LogP contribution in [0.4, 0.5) is 0 Å². The second-order valence-electron chi connectivity index (χ2n) is 3.31. The van der Waals surface area contributed by atoms with E-state index in [1.807, 2.05) is 17.8 Å². The lowest BCUT2D eigenvalue weighted by atomic mass is 10.3. The van der Waals surface area contributed by atoms with E-state index >= 15 is 0 Å². The number of aryl methyl sites for hydroxylation is 1. The molecule has 0 atom stereocenters. The smallest absolute Gasteiger partial charge is 0.130 e. The van der Waals surface area contributed by atoms with Gasteiger partial charge < -0.3 is 0 Å². The highest BCUT2D eigenvalue weighted by Crippen LogP contribution is 2.19. The van der Waals surface area contributed by atoms with Crippen molar-refractivity contribution in [1.29, 1.82) is 0 Å². The minimum atomic E-state index is 0.403. The maximum absolute atomic E-state index is 6.02. The van der Waals surface area contributed by atoms with E-state index in [9.17, 15) is 0 Å². The lowest BCUT2D eigenvalue weighted by molar-refractivity contribution is 0.684. The van der Waals surface area contributed by atoms with Crippen LogP contribution >= 0.6 is 23.2 Å². The van der Waals surface area contributed by atoms with Gasteiger partial charge in [0.25, 0.3) is 0 Å². The van der Waals surface area contributed by atoms with Gasteiger partial charge in [0.1, 0.15) is 5.15 Å². The molecule has 0 saturated carbocycles. The van der Waals surface area contributed by atoms with Crippen LogP contribution in [0.25, 0.3) is 0 Å². The first-order valence-corrected chi connectivity index (χ1v) is 5.20. The zero-order valence-electron chi connectivity index (χ0n) is 8.11. The molecule has 78 valence electrons. The van der Waals surface area contributed by atoms with Crippen LogP contribution in [0.1, 0.15) is 11.1 Å². The molecule has 2 aromatic heterocycles. The Kier molecular flexibility index (Phi) is 2.93. The lowest BCUT2D eigenvalue weighted by Gasteiger charge is -2.03. The number of aromatic nitrogens is 3. The molecule has 0 aromatic carbocycles. The summed E-state index contributed by atoms with van der Waals surface area (Å²) in [7, 11) is 0. The maximum atomic E-state index is 6.02. The van der Waals surface area contributed by atoms with Crippen LogP contribution < -0.4 is 0 Å². The molecule has 0 aliphatic rings. The van der Waals surface area contributed by atoms with E-state index in [2.05, 4.69) is 10.1 Å². The quantitative estimate of drug-likeness (QED) is 0.758. The molecule has 0 saturated heterocycles. The number of hydrogen-bond donors (Lipinski definition) is 0. The first-order chi connectivity index (χ1) is 7.15. The summed E-state index contributed by atoms with van der Waals surface area (Å²) in [6, 6.07) is 1.63. The van der Waals surface area contributed by atoms with Crippen molar-refractivity contribution in [2.45, 2.75) is 13.5 Å². The van der Waals surface area contributed by atoms with Gasteiger partial charge in [-0.05, 0) is 18.6 Å². The summed E-state index contributed by atoms with van der Waals surface area (Å²) in [6.45, 7) is 2.60. The molecule has 3 nitrogen and oxygen atoms in total. The SMILES string of the molecule is Cc1cnn(Cc2cnc(Cl)cc2Cl)c1. The molecule has 5 heteroatoms. The molecule has 2 rings (SSSR count). The Bertz CT molecular complexity index is 479. The first-order valence-electron chi connectivity index (χ1n) is 4.44. The topological polar surface area (TPSA) is 30.7 Å². The molecular formula is C10H9Cl2N3. The largest absolute Gasteiger partial charge is 0.268 e. The zero-order chi connectivity index (χ0) is 10.8. The molecule has 0 spiro atoms. The van der Waals surface area contributed by atoms with Crippen LogP contribution in [0.2, 0.25) is 10.2 Å². The molecule has 0 aliphatic heterocycles. The molecular weight excluding hydrogens is 233 g/mol. The molecule has 0 aliphatic carbocycles. The van der Waals surface area contributed by atoms with Gasteiger partial charge in [0.15, 0.2) is 0 Å². The van der Waals surface area contributed by atoms with Crippen molar-refractivity contribution < 1.29 is 0 Å². The minimum absolute atomic E-state index is 0.403. The molecule has 0 fully saturated rings. The molecule has 0 unspecified atom stereocenters. The summed E-state index contributed by atoms with van der Waals surface area (Å²) in [5.74, 6) is 0. The molecule has 0 bridgehead atoms. The summed E-state index contributed by atoms with van der Waals surface area (Å²) in [5, 5.41) is 5.19. The third kappa shape index (κ3) is 2.49. The van der Waals surface area contributed by atoms with Crippen molar-refractivity contribution in [3.05, 3.63) is 46.0 Å². The van der Waals surface area contributed by atoms with Gasteiger partial charge in [-0.3, -0.25) is 4.68 Å². The standard InChI is InChI=1S/C10H9Cl2N3/c1-7-3-14-15(5-7)6-8-4-13-10(12)2-9(8)11/h2-5H,6H2,1H3. The Labute approximate surface area is 97.7 Å². The molecule has 0 N–H and O–H groups in total. The minimum Gasteiger partial charge on any atom is -0.268 e. The van der Waals surface area contributed by atoms with Gasteiger partial charge in [0.2, 0.25) is 0 Å². The van der Waals surface area contributed by atoms with Crippen LogP contribution in [0.15, 0.2) is 24.7 Å². The van der Waals surface area contributed by atoms with Gasteiger partial charge in [-0.2, -0.15) is 5.10 Å². The highest BCUT2D eigenvalue weighted by Gasteiger charge is 2.03. The zero-order valence-corrected chi connectivity index (χ0v) is 9.63. The summed E-state index contributed by atoms with van der Waals surface area (Å²) in [4.78, 5) is 3.98. The Morgan fingerprint density at radius 2 is 2.13 bits per heavy atom. The number of pyridine rings is 1. The molecule has 15 heavy (non-hydrogen) atoms. The Balaban J connectivity index is 2.24. The third-order valence-corrected chi connectivity index (χ3v) is 2.55. The van der Waals surface area contributed by atoms with Crippen molar-refractivity contribution in [2.75, 3.05) is 0 Å². The second kappa shape index (κ2) is 4.21. The van der Waals surface area contributed by atoms with Gasteiger partial charge in [-0.15, -0.1) is 0 Å². The van der Waals surface area contributed by atoms with Crippen LogP contribution in [0.3, 0.4) is 0 Å². The van der Waals surface area contributed by atoms with Gasteiger partial charge in [0, 0.05) is 18.0 Å². The average Bonchev–Trinajstić information content (AvgIpc) is 2.56. The molecule has 2 aromatic rings. The van der Waals surface area contributed by atoms with E-state index in [0.29, 0.717) is 16.7 Å². The molecule has 0 amide bonds. The van der Waals surface area contributed by atoms with Gasteiger partial charge in [-0.1, -0.05) is 23.2 Å². The van der Waals surface area contributed by atoms with Crippen molar-refractivity contribution in [3.8, 4) is 0 Å². The Morgan fingerprint density at radius 1 is 1.33 bits per heavy atom. The van der Waals surface area contributed by atoms with Crippen LogP contribution in [0, 0.1) is 6.92 Å². The molecule has 2 heterocycles. The highest BCUT2D eigenvalue weighted by atomic mass is 35.5. The maximum Gasteiger partial charge on any atom is 0.130 e. The van der Waals surface area contributed by atoms with Gasteiger partial charge >= 0.3 is 0 Å². The summed E-state index contributed by atoms with van der Waals surface area (Å²) < 4.78 is 1.81. The predicted molar refractivity (Wildman–Crippen MR) is 60.3 cm³/mol. The van der Waals surface area contributed by atoms with E-state index in [1.54, 1.807) is 18.5 Å². The number of rotatable bonds is 2. The monoisotopic (exact) mass is 241 g/mol. The lowest BCUT2D eigenvalue weighted by Crippen LogP contribution is -2.01.